The van der Waals surface area contributed by atoms with Crippen molar-refractivity contribution in [2.24, 2.45) is 0 Å². The third-order valence-electron chi connectivity index (χ3n) is 6.10. The fraction of sp³-hybridized carbons (Fsp3) is 0.292. The number of aromatic nitrogens is 4. The standard InChI is InChI=1S/C23H23ClN8O3.CH4/c1-29(2)14-12-30(13-14)19-9-21(35-3)17(8-20(19)32(33)34)27-23-25-11-16(24)22(28-23)15-10-26-31-7-5-4-6-18(15)31;/h4-11,14H,12-13H2,1-3H3,(H,25,27,28);1H4. The van der Waals surface area contributed by atoms with Crippen LogP contribution in [0.2, 0.25) is 5.02 Å². The molecule has 0 atom stereocenters. The van der Waals surface area contributed by atoms with Gasteiger partial charge >= 0.3 is 0 Å². The van der Waals surface area contributed by atoms with Gasteiger partial charge in [0.2, 0.25) is 5.95 Å². The molecule has 1 saturated heterocycles. The third kappa shape index (κ3) is 4.50. The molecule has 0 bridgehead atoms. The number of nitro groups is 1. The molecular weight excluding hydrogens is 484 g/mol. The van der Waals surface area contributed by atoms with Gasteiger partial charge in [0, 0.05) is 43.0 Å². The van der Waals surface area contributed by atoms with E-state index >= 15 is 0 Å². The summed E-state index contributed by atoms with van der Waals surface area (Å²) in [6.07, 6.45) is 4.99. The number of ether oxygens (including phenoxy) is 1. The van der Waals surface area contributed by atoms with Crippen LogP contribution in [0, 0.1) is 10.1 Å². The molecule has 4 heterocycles. The highest BCUT2D eigenvalue weighted by Gasteiger charge is 2.33. The fourth-order valence-electron chi connectivity index (χ4n) is 4.06. The van der Waals surface area contributed by atoms with Crippen LogP contribution in [-0.4, -0.2) is 69.7 Å². The zero-order chi connectivity index (χ0) is 24.7. The van der Waals surface area contributed by atoms with E-state index in [2.05, 4.69) is 25.3 Å². The van der Waals surface area contributed by atoms with Gasteiger partial charge in [-0.2, -0.15) is 5.10 Å². The SMILES string of the molecule is C.COc1cc(N2CC(N(C)C)C2)c([N+](=O)[O-])cc1Nc1ncc(Cl)c(-c2cnn3ccccc23)n1. The number of fused-ring (bicyclic) bond motifs is 1. The Kier molecular flexibility index (Phi) is 6.95. The maximum Gasteiger partial charge on any atom is 0.294 e. The van der Waals surface area contributed by atoms with Crippen LogP contribution in [-0.2, 0) is 0 Å². The smallest absolute Gasteiger partial charge is 0.294 e. The Bertz CT molecular complexity index is 1420. The van der Waals surface area contributed by atoms with Crippen molar-refractivity contribution in [1.29, 1.82) is 0 Å². The fourth-order valence-corrected chi connectivity index (χ4v) is 4.25. The predicted octanol–water partition coefficient (Wildman–Crippen LogP) is 4.49. The summed E-state index contributed by atoms with van der Waals surface area (Å²) in [5, 5.41) is 19.7. The second kappa shape index (κ2) is 9.96. The van der Waals surface area contributed by atoms with Gasteiger partial charge in [0.15, 0.2) is 0 Å². The number of pyridine rings is 1. The first-order valence-corrected chi connectivity index (χ1v) is 11.2. The topological polar surface area (TPSA) is 114 Å². The van der Waals surface area contributed by atoms with Crippen molar-refractivity contribution in [3.05, 3.63) is 64.1 Å². The minimum atomic E-state index is -0.393. The molecule has 3 aromatic heterocycles. The lowest BCUT2D eigenvalue weighted by Gasteiger charge is -2.44. The first-order chi connectivity index (χ1) is 16.9. The number of nitro benzene ring substituents is 1. The van der Waals surface area contributed by atoms with Crippen molar-refractivity contribution in [2.45, 2.75) is 13.5 Å². The summed E-state index contributed by atoms with van der Waals surface area (Å²) in [5.41, 5.74) is 2.93. The van der Waals surface area contributed by atoms with Crippen molar-refractivity contribution < 1.29 is 9.66 Å². The zero-order valence-electron chi connectivity index (χ0n) is 19.3. The number of rotatable bonds is 7. The zero-order valence-corrected chi connectivity index (χ0v) is 20.1. The molecule has 11 nitrogen and oxygen atoms in total. The minimum Gasteiger partial charge on any atom is -0.494 e. The second-order valence-electron chi connectivity index (χ2n) is 8.42. The molecule has 1 N–H and O–H groups in total. The first kappa shape index (κ1) is 25.1. The van der Waals surface area contributed by atoms with Gasteiger partial charge in [0.05, 0.1) is 46.3 Å². The molecule has 188 valence electrons. The van der Waals surface area contributed by atoms with E-state index in [0.29, 0.717) is 47.0 Å². The lowest BCUT2D eigenvalue weighted by Crippen LogP contribution is -2.57. The molecule has 0 radical (unpaired) electrons. The Morgan fingerprint density at radius 3 is 2.72 bits per heavy atom. The van der Waals surface area contributed by atoms with Gasteiger partial charge < -0.3 is 19.9 Å². The highest BCUT2D eigenvalue weighted by Crippen LogP contribution is 2.41. The van der Waals surface area contributed by atoms with Crippen molar-refractivity contribution in [3.63, 3.8) is 0 Å². The van der Waals surface area contributed by atoms with E-state index in [-0.39, 0.29) is 19.1 Å². The summed E-state index contributed by atoms with van der Waals surface area (Å²) in [6.45, 7) is 1.40. The van der Waals surface area contributed by atoms with Crippen LogP contribution in [0.3, 0.4) is 0 Å². The molecule has 1 aromatic carbocycles. The second-order valence-corrected chi connectivity index (χ2v) is 8.83. The quantitative estimate of drug-likeness (QED) is 0.283. The Morgan fingerprint density at radius 2 is 2.03 bits per heavy atom. The van der Waals surface area contributed by atoms with E-state index in [1.165, 1.54) is 19.4 Å². The van der Waals surface area contributed by atoms with Crippen molar-refractivity contribution in [3.8, 4) is 17.0 Å². The summed E-state index contributed by atoms with van der Waals surface area (Å²) in [4.78, 5) is 24.4. The molecule has 0 spiro atoms. The van der Waals surface area contributed by atoms with Gasteiger partial charge in [0.25, 0.3) is 5.69 Å². The van der Waals surface area contributed by atoms with Crippen molar-refractivity contribution >= 4 is 40.1 Å². The molecule has 0 saturated carbocycles. The lowest BCUT2D eigenvalue weighted by molar-refractivity contribution is -0.384. The van der Waals surface area contributed by atoms with Crippen LogP contribution in [0.4, 0.5) is 23.0 Å². The molecule has 0 unspecified atom stereocenters. The lowest BCUT2D eigenvalue weighted by atomic mass is 10.1. The van der Waals surface area contributed by atoms with Crippen LogP contribution in [0.5, 0.6) is 5.75 Å². The van der Waals surface area contributed by atoms with Gasteiger partial charge in [-0.05, 0) is 26.2 Å². The minimum absolute atomic E-state index is 0. The average molecular weight is 511 g/mol. The molecule has 36 heavy (non-hydrogen) atoms. The summed E-state index contributed by atoms with van der Waals surface area (Å²) >= 11 is 6.42. The number of anilines is 3. The van der Waals surface area contributed by atoms with Crippen molar-refractivity contribution in [2.75, 3.05) is 44.5 Å². The largest absolute Gasteiger partial charge is 0.494 e. The molecule has 5 rings (SSSR count). The number of hydrogen-bond acceptors (Lipinski definition) is 9. The van der Waals surface area contributed by atoms with E-state index in [1.54, 1.807) is 16.8 Å². The molecule has 1 aliphatic rings. The molecular formula is C24H27ClN8O3. The molecule has 1 aliphatic heterocycles. The van der Waals surface area contributed by atoms with E-state index in [9.17, 15) is 10.1 Å². The number of nitrogens with zero attached hydrogens (tertiary/aromatic N) is 7. The number of benzene rings is 1. The summed E-state index contributed by atoms with van der Waals surface area (Å²) < 4.78 is 7.28. The van der Waals surface area contributed by atoms with Crippen molar-refractivity contribution in [1.82, 2.24) is 24.5 Å². The van der Waals surface area contributed by atoms with E-state index in [4.69, 9.17) is 16.3 Å². The highest BCUT2D eigenvalue weighted by atomic mass is 35.5. The summed E-state index contributed by atoms with van der Waals surface area (Å²) in [5.74, 6) is 0.659. The van der Waals surface area contributed by atoms with Crippen LogP contribution >= 0.6 is 11.6 Å². The Hall–Kier alpha value is -3.96. The predicted molar refractivity (Wildman–Crippen MR) is 141 cm³/mol. The molecule has 0 aliphatic carbocycles. The van der Waals surface area contributed by atoms with E-state index < -0.39 is 4.92 Å². The maximum absolute atomic E-state index is 11.9. The van der Waals surface area contributed by atoms with Gasteiger partial charge in [-0.1, -0.05) is 25.1 Å². The average Bonchev–Trinajstić information content (AvgIpc) is 3.23. The Balaban J connectivity index is 0.00000304. The Morgan fingerprint density at radius 1 is 1.25 bits per heavy atom. The number of methoxy groups -OCH3 is 1. The number of likely N-dealkylation sites (N-methyl/N-ethyl adjacent to an activating group) is 1. The van der Waals surface area contributed by atoms with Gasteiger partial charge in [-0.25, -0.2) is 14.5 Å². The number of hydrogen-bond donors (Lipinski definition) is 1. The van der Waals surface area contributed by atoms with Crippen LogP contribution in [0.15, 0.2) is 48.9 Å². The van der Waals surface area contributed by atoms with E-state index in [0.717, 1.165) is 11.1 Å². The maximum atomic E-state index is 11.9. The summed E-state index contributed by atoms with van der Waals surface area (Å²) in [6, 6.07) is 9.16. The number of nitrogens with one attached hydrogen (secondary N) is 1. The molecule has 12 heteroatoms. The normalized spacial score (nSPS) is 13.4. The van der Waals surface area contributed by atoms with Crippen LogP contribution in [0.25, 0.3) is 16.8 Å². The van der Waals surface area contributed by atoms with Crippen LogP contribution in [0.1, 0.15) is 7.43 Å². The third-order valence-corrected chi connectivity index (χ3v) is 6.38. The highest BCUT2D eigenvalue weighted by molar-refractivity contribution is 6.33. The van der Waals surface area contributed by atoms with Gasteiger partial charge in [0.1, 0.15) is 11.4 Å². The van der Waals surface area contributed by atoms with Gasteiger partial charge in [-0.15, -0.1) is 0 Å². The van der Waals surface area contributed by atoms with Crippen LogP contribution < -0.4 is 15.0 Å². The summed E-state index contributed by atoms with van der Waals surface area (Å²) in [7, 11) is 5.51. The Labute approximate surface area is 213 Å². The molecule has 1 fully saturated rings. The number of halogens is 1. The monoisotopic (exact) mass is 510 g/mol. The van der Waals surface area contributed by atoms with E-state index in [1.807, 2.05) is 43.4 Å². The van der Waals surface area contributed by atoms with Gasteiger partial charge in [-0.3, -0.25) is 10.1 Å². The first-order valence-electron chi connectivity index (χ1n) is 10.9. The molecule has 0 amide bonds. The molecule has 4 aromatic rings.